The molecule has 1 aromatic rings. The van der Waals surface area contributed by atoms with Gasteiger partial charge in [-0.1, -0.05) is 113 Å². The van der Waals surface area contributed by atoms with Crippen molar-refractivity contribution in [2.45, 2.75) is 193 Å². The molecule has 328 valence electrons. The van der Waals surface area contributed by atoms with Crippen molar-refractivity contribution >= 4 is 33.3 Å². The van der Waals surface area contributed by atoms with E-state index in [0.717, 1.165) is 5.56 Å². The summed E-state index contributed by atoms with van der Waals surface area (Å²) >= 11 is 0. The number of rotatable bonds is 21. The number of benzene rings is 1. The Kier molecular flexibility index (Phi) is 19.0. The molecule has 1 aliphatic heterocycles. The summed E-state index contributed by atoms with van der Waals surface area (Å²) in [6.45, 7) is 49.6. The van der Waals surface area contributed by atoms with Crippen LogP contribution in [0.5, 0.6) is 0 Å². The largest absolute Gasteiger partial charge is 0.408 e. The van der Waals surface area contributed by atoms with E-state index >= 15 is 0 Å². The summed E-state index contributed by atoms with van der Waals surface area (Å²) in [6.07, 6.45) is -2.39. The number of hydrogen-bond acceptors (Lipinski definition) is 9. The molecule has 0 bridgehead atoms. The molecule has 0 saturated carbocycles. The smallest absolute Gasteiger partial charge is 0.195 e. The second-order valence-corrected chi connectivity index (χ2v) is 40.8. The molecule has 0 aromatic heterocycles. The van der Waals surface area contributed by atoms with E-state index in [1.165, 1.54) is 0 Å². The van der Waals surface area contributed by atoms with Gasteiger partial charge in [-0.05, 0) is 78.1 Å². The fourth-order valence-electron chi connectivity index (χ4n) is 5.05. The zero-order valence-corrected chi connectivity index (χ0v) is 43.6. The molecular formula is C43H86O9Si4. The van der Waals surface area contributed by atoms with E-state index in [1.807, 2.05) is 18.2 Å². The molecule has 0 spiro atoms. The van der Waals surface area contributed by atoms with Gasteiger partial charge in [0.1, 0.15) is 24.4 Å². The second-order valence-electron chi connectivity index (χ2n) is 21.8. The molecule has 5 atom stereocenters. The first-order valence-corrected chi connectivity index (χ1v) is 32.7. The molecule has 1 aromatic carbocycles. The van der Waals surface area contributed by atoms with Gasteiger partial charge in [0.2, 0.25) is 0 Å². The maximum Gasteiger partial charge on any atom is 0.195 e. The predicted octanol–water partition coefficient (Wildman–Crippen LogP) is 11.2. The minimum atomic E-state index is -2.37. The predicted molar refractivity (Wildman–Crippen MR) is 242 cm³/mol. The van der Waals surface area contributed by atoms with Gasteiger partial charge in [0.15, 0.2) is 39.6 Å². The Morgan fingerprint density at radius 1 is 0.446 bits per heavy atom. The quantitative estimate of drug-likeness (QED) is 0.0886. The van der Waals surface area contributed by atoms with Crippen LogP contribution in [0.1, 0.15) is 88.6 Å². The van der Waals surface area contributed by atoms with Crippen molar-refractivity contribution in [2.24, 2.45) is 0 Å². The minimum absolute atomic E-state index is 0.0336. The summed E-state index contributed by atoms with van der Waals surface area (Å²) in [5.41, 5.74) is 1.16. The molecule has 0 amide bonds. The van der Waals surface area contributed by atoms with Crippen molar-refractivity contribution in [1.29, 1.82) is 0 Å². The second kappa shape index (κ2) is 20.5. The van der Waals surface area contributed by atoms with E-state index < -0.39 is 64.0 Å². The van der Waals surface area contributed by atoms with Gasteiger partial charge in [-0.15, -0.1) is 0 Å². The minimum Gasteiger partial charge on any atom is -0.408 e. The molecule has 1 unspecified atom stereocenters. The van der Waals surface area contributed by atoms with Gasteiger partial charge in [0.25, 0.3) is 0 Å². The van der Waals surface area contributed by atoms with Gasteiger partial charge in [0, 0.05) is 0 Å². The molecule has 1 aliphatic rings. The highest BCUT2D eigenvalue weighted by molar-refractivity contribution is 6.75. The third-order valence-corrected chi connectivity index (χ3v) is 30.9. The molecular weight excluding hydrogens is 773 g/mol. The van der Waals surface area contributed by atoms with Gasteiger partial charge in [-0.2, -0.15) is 0 Å². The van der Waals surface area contributed by atoms with E-state index in [-0.39, 0.29) is 20.2 Å². The highest BCUT2D eigenvalue weighted by Crippen LogP contribution is 2.47. The first-order valence-electron chi connectivity index (χ1n) is 21.0. The average molecular weight is 859 g/mol. The van der Waals surface area contributed by atoms with Crippen LogP contribution in [-0.2, 0) is 48.0 Å². The Labute approximate surface area is 348 Å². The molecule has 56 heavy (non-hydrogen) atoms. The van der Waals surface area contributed by atoms with Crippen molar-refractivity contribution < 1.29 is 41.4 Å². The lowest BCUT2D eigenvalue weighted by Gasteiger charge is -2.55. The Bertz CT molecular complexity index is 1280. The van der Waals surface area contributed by atoms with E-state index in [1.54, 1.807) is 0 Å². The lowest BCUT2D eigenvalue weighted by Crippen LogP contribution is -2.69. The van der Waals surface area contributed by atoms with Crippen LogP contribution in [0.25, 0.3) is 0 Å². The molecule has 1 fully saturated rings. The van der Waals surface area contributed by atoms with Crippen LogP contribution in [-0.4, -0.2) is 110 Å². The van der Waals surface area contributed by atoms with Gasteiger partial charge in [-0.3, -0.25) is 0 Å². The fraction of sp³-hybridized carbons (Fsp3) is 0.860. The average Bonchev–Trinajstić information content (AvgIpc) is 3.02. The molecule has 0 radical (unpaired) electrons. The molecule has 13 heteroatoms. The zero-order valence-electron chi connectivity index (χ0n) is 39.6. The summed E-state index contributed by atoms with van der Waals surface area (Å²) in [6, 6.07) is 10.2. The lowest BCUT2D eigenvalue weighted by molar-refractivity contribution is -0.273. The zero-order chi connectivity index (χ0) is 43.0. The Morgan fingerprint density at radius 3 is 1.23 bits per heavy atom. The van der Waals surface area contributed by atoms with Crippen molar-refractivity contribution in [2.75, 3.05) is 46.2 Å². The topological polar surface area (TPSA) is 83.1 Å². The molecule has 0 N–H and O–H groups in total. The number of hydrogen-bond donors (Lipinski definition) is 0. The monoisotopic (exact) mass is 859 g/mol. The maximum absolute atomic E-state index is 7.56. The van der Waals surface area contributed by atoms with Crippen LogP contribution in [0.15, 0.2) is 30.3 Å². The standard InChI is InChI=1S/C43H86O9Si4/c1-40(2,3)53(13,14)49-36-35(33-47-31-29-45-27-26-44-28-30-46-32-34-24-22-21-23-25-34)48-39(52-56(19,20)43(10,11)12)38(51-55(17,18)42(7,8)9)37(36)50-54(15,16)41(4,5)6/h21-25,35-39H,26-33H2,1-20H3/t35-,36-,37+,38+,39?/m1/s1. The van der Waals surface area contributed by atoms with E-state index in [0.29, 0.717) is 52.9 Å². The third-order valence-electron chi connectivity index (χ3n) is 13.0. The van der Waals surface area contributed by atoms with Crippen molar-refractivity contribution in [3.63, 3.8) is 0 Å². The SMILES string of the molecule is CC(C)(C)[Si](C)(C)OC1O[C@H](COCCOCCOCCOCc2ccccc2)[C@@H](O[Si](C)(C)C(C)(C)C)[C@H](O[Si](C)(C)C(C)(C)C)[C@@H]1O[Si](C)(C)C(C)(C)C. The van der Waals surface area contributed by atoms with Gasteiger partial charge < -0.3 is 41.4 Å². The Morgan fingerprint density at radius 2 is 0.804 bits per heavy atom. The molecule has 0 aliphatic carbocycles. The van der Waals surface area contributed by atoms with Gasteiger partial charge in [0.05, 0.1) is 52.9 Å². The molecule has 2 rings (SSSR count). The van der Waals surface area contributed by atoms with Gasteiger partial charge >= 0.3 is 0 Å². The van der Waals surface area contributed by atoms with Crippen LogP contribution in [0.3, 0.4) is 0 Å². The molecule has 9 nitrogen and oxygen atoms in total. The van der Waals surface area contributed by atoms with Crippen molar-refractivity contribution in [3.05, 3.63) is 35.9 Å². The fourth-order valence-corrected chi connectivity index (χ4v) is 10.1. The van der Waals surface area contributed by atoms with Gasteiger partial charge in [-0.25, -0.2) is 0 Å². The Balaban J connectivity index is 2.35. The van der Waals surface area contributed by atoms with Crippen LogP contribution < -0.4 is 0 Å². The summed E-state index contributed by atoms with van der Waals surface area (Å²) in [5.74, 6) is 0. The first kappa shape index (κ1) is 51.9. The highest BCUT2D eigenvalue weighted by atomic mass is 28.4. The van der Waals surface area contributed by atoms with Crippen molar-refractivity contribution in [1.82, 2.24) is 0 Å². The highest BCUT2D eigenvalue weighted by Gasteiger charge is 2.58. The summed E-state index contributed by atoms with van der Waals surface area (Å²) < 4.78 is 60.6. The van der Waals surface area contributed by atoms with Crippen LogP contribution in [0, 0.1) is 0 Å². The summed E-state index contributed by atoms with van der Waals surface area (Å²) in [7, 11) is -9.40. The van der Waals surface area contributed by atoms with Crippen LogP contribution >= 0.6 is 0 Å². The van der Waals surface area contributed by atoms with E-state index in [4.69, 9.17) is 41.4 Å². The summed E-state index contributed by atoms with van der Waals surface area (Å²) in [4.78, 5) is 0. The maximum atomic E-state index is 7.56. The van der Waals surface area contributed by atoms with E-state index in [2.05, 4.69) is 148 Å². The van der Waals surface area contributed by atoms with Crippen LogP contribution in [0.2, 0.25) is 72.5 Å². The molecule has 1 saturated heterocycles. The molecule has 1 heterocycles. The van der Waals surface area contributed by atoms with Crippen molar-refractivity contribution in [3.8, 4) is 0 Å². The normalized spacial score (nSPS) is 22.5. The van der Waals surface area contributed by atoms with Crippen LogP contribution in [0.4, 0.5) is 0 Å². The Hall–Kier alpha value is -0.272. The number of ether oxygens (including phenoxy) is 5. The van der Waals surface area contributed by atoms with E-state index in [9.17, 15) is 0 Å². The third kappa shape index (κ3) is 15.3. The first-order chi connectivity index (χ1) is 25.3. The summed E-state index contributed by atoms with van der Waals surface area (Å²) in [5, 5.41) is -0.141. The lowest BCUT2D eigenvalue weighted by atomic mass is 9.99.